The van der Waals surface area contributed by atoms with Crippen LogP contribution in [0.3, 0.4) is 0 Å². The van der Waals surface area contributed by atoms with E-state index in [1.165, 1.54) is 0 Å². The molecule has 2 N–H and O–H groups in total. The molecule has 2 aromatic rings. The van der Waals surface area contributed by atoms with Crippen LogP contribution >= 0.6 is 0 Å². The molecule has 3 heterocycles. The van der Waals surface area contributed by atoms with Gasteiger partial charge < -0.3 is 19.6 Å². The molecule has 1 aliphatic rings. The van der Waals surface area contributed by atoms with Gasteiger partial charge in [-0.3, -0.25) is 14.5 Å². The first-order valence-electron chi connectivity index (χ1n) is 8.55. The summed E-state index contributed by atoms with van der Waals surface area (Å²) < 4.78 is 5.28. The van der Waals surface area contributed by atoms with Crippen LogP contribution in [0.25, 0.3) is 0 Å². The van der Waals surface area contributed by atoms with Crippen LogP contribution in [0.1, 0.15) is 29.1 Å². The maximum absolute atomic E-state index is 12.3. The van der Waals surface area contributed by atoms with Crippen molar-refractivity contribution in [1.29, 1.82) is 0 Å². The number of rotatable bonds is 6. The standard InChI is InChI=1S/C18H24N4O3/c1-21(12-15-4-3-11-25-15)17(23)13-22-9-6-14(7-10-22)20-18(24)16-5-2-8-19-16/h2-5,8,11,14,19H,6-7,9-10,12-13H2,1H3,(H,20,24). The van der Waals surface area contributed by atoms with Gasteiger partial charge >= 0.3 is 0 Å². The van der Waals surface area contributed by atoms with Crippen molar-refractivity contribution < 1.29 is 14.0 Å². The molecule has 0 aliphatic carbocycles. The number of carbonyl (C=O) groups excluding carboxylic acids is 2. The summed E-state index contributed by atoms with van der Waals surface area (Å²) in [6.07, 6.45) is 5.05. The molecule has 0 radical (unpaired) electrons. The number of aromatic amines is 1. The Labute approximate surface area is 147 Å². The molecule has 0 bridgehead atoms. The van der Waals surface area contributed by atoms with E-state index >= 15 is 0 Å². The Morgan fingerprint density at radius 1 is 1.32 bits per heavy atom. The quantitative estimate of drug-likeness (QED) is 0.831. The summed E-state index contributed by atoms with van der Waals surface area (Å²) in [5.74, 6) is 0.782. The first-order chi connectivity index (χ1) is 12.1. The number of furan rings is 1. The lowest BCUT2D eigenvalue weighted by Crippen LogP contribution is -2.47. The van der Waals surface area contributed by atoms with Gasteiger partial charge in [0.25, 0.3) is 5.91 Å². The zero-order chi connectivity index (χ0) is 17.6. The van der Waals surface area contributed by atoms with Crippen molar-refractivity contribution in [3.05, 3.63) is 48.2 Å². The molecule has 1 saturated heterocycles. The summed E-state index contributed by atoms with van der Waals surface area (Å²) in [5.41, 5.74) is 0.581. The molecule has 0 unspecified atom stereocenters. The first kappa shape index (κ1) is 17.3. The predicted octanol–water partition coefficient (Wildman–Crippen LogP) is 1.46. The van der Waals surface area contributed by atoms with Gasteiger partial charge in [0.15, 0.2) is 0 Å². The number of aromatic nitrogens is 1. The van der Waals surface area contributed by atoms with E-state index in [1.807, 2.05) is 18.2 Å². The van der Waals surface area contributed by atoms with Crippen molar-refractivity contribution >= 4 is 11.8 Å². The molecule has 3 rings (SSSR count). The minimum atomic E-state index is -0.0716. The summed E-state index contributed by atoms with van der Waals surface area (Å²) in [6.45, 7) is 2.48. The number of hydrogen-bond acceptors (Lipinski definition) is 4. The molecular formula is C18H24N4O3. The molecule has 2 aromatic heterocycles. The number of nitrogens with zero attached hydrogens (tertiary/aromatic N) is 2. The third kappa shape index (κ3) is 4.73. The molecule has 0 spiro atoms. The zero-order valence-corrected chi connectivity index (χ0v) is 14.4. The van der Waals surface area contributed by atoms with Crippen molar-refractivity contribution in [2.24, 2.45) is 0 Å². The highest BCUT2D eigenvalue weighted by atomic mass is 16.3. The Balaban J connectivity index is 1.40. The maximum Gasteiger partial charge on any atom is 0.267 e. The second-order valence-corrected chi connectivity index (χ2v) is 6.44. The van der Waals surface area contributed by atoms with Crippen LogP contribution in [0.5, 0.6) is 0 Å². The van der Waals surface area contributed by atoms with Crippen LogP contribution in [0.15, 0.2) is 41.1 Å². The van der Waals surface area contributed by atoms with Crippen LogP contribution in [-0.2, 0) is 11.3 Å². The summed E-state index contributed by atoms with van der Waals surface area (Å²) >= 11 is 0. The number of likely N-dealkylation sites (N-methyl/N-ethyl adjacent to an activating group) is 1. The average Bonchev–Trinajstić information content (AvgIpc) is 3.30. The lowest BCUT2D eigenvalue weighted by atomic mass is 10.0. The molecule has 1 aliphatic heterocycles. The van der Waals surface area contributed by atoms with Crippen LogP contribution in [0.2, 0.25) is 0 Å². The second-order valence-electron chi connectivity index (χ2n) is 6.44. The Morgan fingerprint density at radius 2 is 2.12 bits per heavy atom. The summed E-state index contributed by atoms with van der Waals surface area (Å²) in [7, 11) is 1.79. The predicted molar refractivity (Wildman–Crippen MR) is 92.9 cm³/mol. The summed E-state index contributed by atoms with van der Waals surface area (Å²) in [5, 5.41) is 3.04. The Kier molecular flexibility index (Phi) is 5.55. The topological polar surface area (TPSA) is 81.6 Å². The van der Waals surface area contributed by atoms with Crippen LogP contribution in [-0.4, -0.2) is 59.3 Å². The smallest absolute Gasteiger partial charge is 0.267 e. The molecule has 0 saturated carbocycles. The van der Waals surface area contributed by atoms with Crippen molar-refractivity contribution in [2.75, 3.05) is 26.7 Å². The third-order valence-corrected chi connectivity index (χ3v) is 4.52. The van der Waals surface area contributed by atoms with E-state index in [0.29, 0.717) is 18.8 Å². The van der Waals surface area contributed by atoms with Gasteiger partial charge in [-0.15, -0.1) is 0 Å². The highest BCUT2D eigenvalue weighted by Crippen LogP contribution is 2.12. The van der Waals surface area contributed by atoms with Gasteiger partial charge in [-0.1, -0.05) is 0 Å². The number of amides is 2. The summed E-state index contributed by atoms with van der Waals surface area (Å²) in [6, 6.07) is 7.41. The number of likely N-dealkylation sites (tertiary alicyclic amines) is 1. The fraction of sp³-hybridized carbons (Fsp3) is 0.444. The number of carbonyl (C=O) groups is 2. The van der Waals surface area contributed by atoms with Gasteiger partial charge in [0, 0.05) is 32.4 Å². The molecule has 1 fully saturated rings. The van der Waals surface area contributed by atoms with Gasteiger partial charge in [0.2, 0.25) is 5.91 Å². The minimum Gasteiger partial charge on any atom is -0.467 e. The van der Waals surface area contributed by atoms with E-state index in [4.69, 9.17) is 4.42 Å². The fourth-order valence-electron chi connectivity index (χ4n) is 3.01. The van der Waals surface area contributed by atoms with Crippen molar-refractivity contribution in [3.63, 3.8) is 0 Å². The zero-order valence-electron chi connectivity index (χ0n) is 14.4. The van der Waals surface area contributed by atoms with Gasteiger partial charge in [-0.25, -0.2) is 0 Å². The number of hydrogen-bond donors (Lipinski definition) is 2. The van der Waals surface area contributed by atoms with E-state index < -0.39 is 0 Å². The lowest BCUT2D eigenvalue weighted by molar-refractivity contribution is -0.132. The fourth-order valence-corrected chi connectivity index (χ4v) is 3.01. The monoisotopic (exact) mass is 344 g/mol. The maximum atomic E-state index is 12.3. The van der Waals surface area contributed by atoms with Crippen LogP contribution < -0.4 is 5.32 Å². The van der Waals surface area contributed by atoms with E-state index in [9.17, 15) is 9.59 Å². The largest absolute Gasteiger partial charge is 0.467 e. The number of nitrogens with one attached hydrogen (secondary N) is 2. The molecule has 2 amide bonds. The lowest BCUT2D eigenvalue weighted by Gasteiger charge is -2.32. The molecule has 0 aromatic carbocycles. The molecule has 0 atom stereocenters. The summed E-state index contributed by atoms with van der Waals surface area (Å²) in [4.78, 5) is 31.1. The molecular weight excluding hydrogens is 320 g/mol. The van der Waals surface area contributed by atoms with E-state index in [-0.39, 0.29) is 17.9 Å². The highest BCUT2D eigenvalue weighted by molar-refractivity contribution is 5.92. The van der Waals surface area contributed by atoms with Crippen LogP contribution in [0.4, 0.5) is 0 Å². The Bertz CT molecular complexity index is 673. The van der Waals surface area contributed by atoms with Crippen molar-refractivity contribution in [2.45, 2.75) is 25.4 Å². The van der Waals surface area contributed by atoms with Crippen molar-refractivity contribution in [3.8, 4) is 0 Å². The van der Waals surface area contributed by atoms with Gasteiger partial charge in [-0.2, -0.15) is 0 Å². The van der Waals surface area contributed by atoms with E-state index in [1.54, 1.807) is 30.5 Å². The Hall–Kier alpha value is -2.54. The van der Waals surface area contributed by atoms with E-state index in [0.717, 1.165) is 31.7 Å². The van der Waals surface area contributed by atoms with Gasteiger partial charge in [-0.05, 0) is 37.1 Å². The first-order valence-corrected chi connectivity index (χ1v) is 8.55. The van der Waals surface area contributed by atoms with Crippen LogP contribution in [0, 0.1) is 0 Å². The number of H-pyrrole nitrogens is 1. The molecule has 7 nitrogen and oxygen atoms in total. The Morgan fingerprint density at radius 3 is 2.76 bits per heavy atom. The SMILES string of the molecule is CN(Cc1ccco1)C(=O)CN1CCC(NC(=O)c2ccc[nH]2)CC1. The normalized spacial score (nSPS) is 15.9. The minimum absolute atomic E-state index is 0.0716. The molecule has 7 heteroatoms. The molecule has 134 valence electrons. The number of piperidine rings is 1. The highest BCUT2D eigenvalue weighted by Gasteiger charge is 2.23. The third-order valence-electron chi connectivity index (χ3n) is 4.52. The second kappa shape index (κ2) is 8.02. The van der Waals surface area contributed by atoms with E-state index in [2.05, 4.69) is 15.2 Å². The average molecular weight is 344 g/mol. The van der Waals surface area contributed by atoms with Gasteiger partial charge in [0.05, 0.1) is 19.4 Å². The molecule has 25 heavy (non-hydrogen) atoms. The van der Waals surface area contributed by atoms with Crippen molar-refractivity contribution in [1.82, 2.24) is 20.1 Å². The van der Waals surface area contributed by atoms with Gasteiger partial charge in [0.1, 0.15) is 11.5 Å².